The van der Waals surface area contributed by atoms with Gasteiger partial charge in [0.1, 0.15) is 0 Å². The molecule has 5 rings (SSSR count). The van der Waals surface area contributed by atoms with E-state index in [1.54, 1.807) is 6.20 Å². The van der Waals surface area contributed by atoms with Crippen LogP contribution in [0.5, 0.6) is 0 Å². The van der Waals surface area contributed by atoms with Gasteiger partial charge in [-0.1, -0.05) is 23.7 Å². The number of hydrogen-bond donors (Lipinski definition) is 1. The summed E-state index contributed by atoms with van der Waals surface area (Å²) in [7, 11) is -1.05. The number of aliphatic hydroxyl groups is 1. The zero-order valence-corrected chi connectivity index (χ0v) is 17.3. The van der Waals surface area contributed by atoms with Gasteiger partial charge in [-0.25, -0.2) is 9.97 Å². The molecule has 3 heterocycles. The monoisotopic (exact) mass is 417 g/mol. The van der Waals surface area contributed by atoms with Gasteiger partial charge >= 0.3 is 0 Å². The minimum atomic E-state index is -1.05. The molecule has 28 heavy (non-hydrogen) atoms. The molecule has 1 N–H and O–H groups in total. The fourth-order valence-corrected chi connectivity index (χ4v) is 6.93. The smallest absolute Gasteiger partial charge is 0.225 e. The van der Waals surface area contributed by atoms with E-state index in [1.807, 2.05) is 12.1 Å². The molecule has 1 saturated heterocycles. The largest absolute Gasteiger partial charge is 0.396 e. The fourth-order valence-electron chi connectivity index (χ4n) is 5.03. The number of hydrogen-bond acceptors (Lipinski definition) is 5. The first-order valence-corrected chi connectivity index (χ1v) is 11.7. The predicted molar refractivity (Wildman–Crippen MR) is 110 cm³/mol. The third-order valence-corrected chi connectivity index (χ3v) is 8.73. The first-order chi connectivity index (χ1) is 13.6. The summed E-state index contributed by atoms with van der Waals surface area (Å²) in [6.45, 7) is 1.96. The van der Waals surface area contributed by atoms with Crippen LogP contribution in [0.1, 0.15) is 42.9 Å². The Balaban J connectivity index is 1.35. The lowest BCUT2D eigenvalue weighted by atomic mass is 9.60. The van der Waals surface area contributed by atoms with E-state index in [9.17, 15) is 9.32 Å². The van der Waals surface area contributed by atoms with E-state index < -0.39 is 10.8 Å². The van der Waals surface area contributed by atoms with E-state index in [0.717, 1.165) is 60.3 Å². The van der Waals surface area contributed by atoms with E-state index >= 15 is 0 Å². The van der Waals surface area contributed by atoms with Crippen molar-refractivity contribution in [3.8, 4) is 0 Å². The Hall–Kier alpha value is -1.50. The molecule has 2 aliphatic heterocycles. The number of benzene rings is 1. The molecule has 1 aromatic heterocycles. The lowest BCUT2D eigenvalue weighted by Crippen LogP contribution is -2.48. The summed E-state index contributed by atoms with van der Waals surface area (Å²) in [5.41, 5.74) is 2.07. The van der Waals surface area contributed by atoms with Crippen molar-refractivity contribution in [2.75, 3.05) is 30.3 Å². The molecule has 3 atom stereocenters. The van der Waals surface area contributed by atoms with Gasteiger partial charge in [-0.2, -0.15) is 0 Å². The lowest BCUT2D eigenvalue weighted by molar-refractivity contribution is 0.0696. The van der Waals surface area contributed by atoms with Gasteiger partial charge in [-0.05, 0) is 55.2 Å². The Bertz CT molecular complexity index is 912. The predicted octanol–water partition coefficient (Wildman–Crippen LogP) is 3.28. The van der Waals surface area contributed by atoms with Crippen molar-refractivity contribution in [2.45, 2.75) is 41.9 Å². The maximum atomic E-state index is 12.6. The zero-order chi connectivity index (χ0) is 19.3. The number of rotatable bonds is 3. The van der Waals surface area contributed by atoms with Gasteiger partial charge in [0.2, 0.25) is 5.95 Å². The van der Waals surface area contributed by atoms with Crippen molar-refractivity contribution < 1.29 is 9.32 Å². The SMILES string of the molecule is O=S1CC2(CCC2CO)c2nc(N3CCC(c4ccc(Cl)cc4)CC3)ncc21. The number of fused-ring (bicyclic) bond motifs is 2. The summed E-state index contributed by atoms with van der Waals surface area (Å²) < 4.78 is 12.6. The maximum Gasteiger partial charge on any atom is 0.225 e. The van der Waals surface area contributed by atoms with Crippen molar-refractivity contribution in [2.24, 2.45) is 5.92 Å². The third kappa shape index (κ3) is 2.88. The van der Waals surface area contributed by atoms with E-state index in [-0.39, 0.29) is 17.9 Å². The Morgan fingerprint density at radius 3 is 2.61 bits per heavy atom. The van der Waals surface area contributed by atoms with Gasteiger partial charge < -0.3 is 10.0 Å². The number of anilines is 1. The van der Waals surface area contributed by atoms with Crippen LogP contribution in [0.3, 0.4) is 0 Å². The number of piperidine rings is 1. The van der Waals surface area contributed by atoms with Crippen molar-refractivity contribution in [3.63, 3.8) is 0 Å². The third-order valence-electron chi connectivity index (χ3n) is 6.91. The second kappa shape index (κ2) is 7.08. The molecule has 1 spiro atoms. The highest BCUT2D eigenvalue weighted by Crippen LogP contribution is 2.54. The van der Waals surface area contributed by atoms with Crippen LogP contribution in [0.15, 0.2) is 35.4 Å². The van der Waals surface area contributed by atoms with Crippen LogP contribution in [-0.2, 0) is 16.2 Å². The highest BCUT2D eigenvalue weighted by atomic mass is 35.5. The van der Waals surface area contributed by atoms with Crippen molar-refractivity contribution in [1.29, 1.82) is 0 Å². The minimum Gasteiger partial charge on any atom is -0.396 e. The molecule has 5 nitrogen and oxygen atoms in total. The second-order valence-corrected chi connectivity index (χ2v) is 10.1. The van der Waals surface area contributed by atoms with Crippen LogP contribution in [0, 0.1) is 5.92 Å². The van der Waals surface area contributed by atoms with E-state index in [0.29, 0.717) is 11.7 Å². The molecular weight excluding hydrogens is 394 g/mol. The Labute approximate surface area is 172 Å². The minimum absolute atomic E-state index is 0.141. The summed E-state index contributed by atoms with van der Waals surface area (Å²) in [6, 6.07) is 8.17. The van der Waals surface area contributed by atoms with Gasteiger partial charge in [0.15, 0.2) is 0 Å². The van der Waals surface area contributed by atoms with Gasteiger partial charge in [-0.3, -0.25) is 4.21 Å². The molecule has 1 aliphatic carbocycles. The van der Waals surface area contributed by atoms with Crippen LogP contribution in [0.2, 0.25) is 5.02 Å². The standard InChI is InChI=1S/C21H24ClN3O2S/c22-17-3-1-14(2-4-17)15-6-9-25(10-7-15)20-23-11-18-19(24-20)21(13-28(18)27)8-5-16(21)12-26/h1-4,11,15-16,26H,5-10,12-13H2. The number of aromatic nitrogens is 2. The molecule has 0 bridgehead atoms. The maximum absolute atomic E-state index is 12.6. The quantitative estimate of drug-likeness (QED) is 0.830. The van der Waals surface area contributed by atoms with Gasteiger partial charge in [0.05, 0.1) is 21.4 Å². The van der Waals surface area contributed by atoms with E-state index in [2.05, 4.69) is 22.0 Å². The summed E-state index contributed by atoms with van der Waals surface area (Å²) in [6.07, 6.45) is 5.82. The van der Waals surface area contributed by atoms with Gasteiger partial charge in [0, 0.05) is 42.1 Å². The molecule has 0 amide bonds. The summed E-state index contributed by atoms with van der Waals surface area (Å²) in [5.74, 6) is 2.04. The average molecular weight is 418 g/mol. The molecule has 148 valence electrons. The zero-order valence-electron chi connectivity index (χ0n) is 15.7. The summed E-state index contributed by atoms with van der Waals surface area (Å²) in [4.78, 5) is 12.5. The Morgan fingerprint density at radius 1 is 1.21 bits per heavy atom. The molecular formula is C21H24ClN3O2S. The van der Waals surface area contributed by atoms with E-state index in [4.69, 9.17) is 16.6 Å². The highest BCUT2D eigenvalue weighted by molar-refractivity contribution is 7.85. The average Bonchev–Trinajstić information content (AvgIpc) is 3.02. The van der Waals surface area contributed by atoms with Gasteiger partial charge in [0.25, 0.3) is 0 Å². The summed E-state index contributed by atoms with van der Waals surface area (Å²) in [5, 5.41) is 10.5. The first-order valence-electron chi connectivity index (χ1n) is 9.98. The molecule has 1 aromatic carbocycles. The number of aliphatic hydroxyl groups excluding tert-OH is 1. The fraction of sp³-hybridized carbons (Fsp3) is 0.524. The molecule has 7 heteroatoms. The molecule has 2 fully saturated rings. The van der Waals surface area contributed by atoms with Gasteiger partial charge in [-0.15, -0.1) is 0 Å². The lowest BCUT2D eigenvalue weighted by Gasteiger charge is -2.45. The molecule has 2 aromatic rings. The van der Waals surface area contributed by atoms with Crippen molar-refractivity contribution >= 4 is 28.3 Å². The van der Waals surface area contributed by atoms with Crippen molar-refractivity contribution in [1.82, 2.24) is 9.97 Å². The molecule has 3 unspecified atom stereocenters. The topological polar surface area (TPSA) is 66.3 Å². The molecule has 1 saturated carbocycles. The Morgan fingerprint density at radius 2 is 1.96 bits per heavy atom. The van der Waals surface area contributed by atoms with Crippen LogP contribution in [-0.4, -0.2) is 44.7 Å². The molecule has 3 aliphatic rings. The van der Waals surface area contributed by atoms with Crippen molar-refractivity contribution in [3.05, 3.63) is 46.7 Å². The number of halogens is 1. The summed E-state index contributed by atoms with van der Waals surface area (Å²) >= 11 is 6.01. The van der Waals surface area contributed by atoms with Crippen LogP contribution < -0.4 is 4.90 Å². The Kier molecular flexibility index (Phi) is 4.68. The normalized spacial score (nSPS) is 29.7. The van der Waals surface area contributed by atoms with Crippen LogP contribution in [0.25, 0.3) is 0 Å². The van der Waals surface area contributed by atoms with E-state index in [1.165, 1.54) is 5.56 Å². The van der Waals surface area contributed by atoms with Crippen LogP contribution >= 0.6 is 11.6 Å². The highest BCUT2D eigenvalue weighted by Gasteiger charge is 2.55. The number of nitrogens with zero attached hydrogens (tertiary/aromatic N) is 3. The van der Waals surface area contributed by atoms with Crippen LogP contribution in [0.4, 0.5) is 5.95 Å². The first kappa shape index (κ1) is 18.5. The second-order valence-electron chi connectivity index (χ2n) is 8.26. The molecule has 0 radical (unpaired) electrons.